The summed E-state index contributed by atoms with van der Waals surface area (Å²) in [5, 5.41) is 21.3. The Labute approximate surface area is 87.6 Å². The van der Waals surface area contributed by atoms with E-state index in [1.807, 2.05) is 0 Å². The van der Waals surface area contributed by atoms with Crippen molar-refractivity contribution in [2.45, 2.75) is 6.42 Å². The van der Waals surface area contributed by atoms with Gasteiger partial charge in [0.1, 0.15) is 9.95 Å². The zero-order chi connectivity index (χ0) is 11.2. The number of nitrogens with zero attached hydrogens (tertiary/aromatic N) is 2. The van der Waals surface area contributed by atoms with Crippen LogP contribution in [0.15, 0.2) is 0 Å². The second-order valence-corrected chi connectivity index (χ2v) is 3.26. The Balaban J connectivity index is 2.79. The molecule has 1 aromatic rings. The first-order valence-corrected chi connectivity index (χ1v) is 4.32. The predicted octanol–water partition coefficient (Wildman–Crippen LogP) is 0.956. The van der Waals surface area contributed by atoms with E-state index in [0.29, 0.717) is 0 Å². The first-order valence-electron chi connectivity index (χ1n) is 3.94. The van der Waals surface area contributed by atoms with Gasteiger partial charge in [-0.05, 0) is 0 Å². The van der Waals surface area contributed by atoms with Crippen LogP contribution in [0.1, 0.15) is 5.69 Å². The molecule has 0 aromatic carbocycles. The highest BCUT2D eigenvalue weighted by Crippen LogP contribution is 2.36. The Morgan fingerprint density at radius 3 is 2.87 bits per heavy atom. The van der Waals surface area contributed by atoms with E-state index in [4.69, 9.17) is 16.3 Å². The summed E-state index contributed by atoms with van der Waals surface area (Å²) in [6, 6.07) is 0. The van der Waals surface area contributed by atoms with E-state index in [0.717, 1.165) is 0 Å². The number of hydrogen-bond acceptors (Lipinski definition) is 4. The maximum Gasteiger partial charge on any atom is 0.551 e. The number of nitro groups is 1. The lowest BCUT2D eigenvalue weighted by Crippen LogP contribution is -2.35. The molecule has 2 heterocycles. The molecule has 8 heteroatoms. The summed E-state index contributed by atoms with van der Waals surface area (Å²) >= 11 is 5.50. The highest BCUT2D eigenvalue weighted by Gasteiger charge is 2.39. The molecule has 1 aliphatic rings. The van der Waals surface area contributed by atoms with Crippen LogP contribution < -0.4 is 9.47 Å². The molecule has 0 radical (unpaired) electrons. The molecular weight excluding hydrogens is 231 g/mol. The van der Waals surface area contributed by atoms with Crippen molar-refractivity contribution in [1.29, 1.82) is 0 Å². The lowest BCUT2D eigenvalue weighted by atomic mass is 10.3. The van der Waals surface area contributed by atoms with Gasteiger partial charge in [-0.1, -0.05) is 16.3 Å². The molecule has 80 valence electrons. The second-order valence-electron chi connectivity index (χ2n) is 2.88. The van der Waals surface area contributed by atoms with Crippen LogP contribution in [0.5, 0.6) is 5.75 Å². The molecule has 0 spiro atoms. The van der Waals surface area contributed by atoms with Crippen molar-refractivity contribution in [3.05, 3.63) is 31.9 Å². The van der Waals surface area contributed by atoms with Gasteiger partial charge in [-0.3, -0.25) is 10.1 Å². The van der Waals surface area contributed by atoms with Crippen LogP contribution in [0.4, 0.5) is 10.2 Å². The Morgan fingerprint density at radius 2 is 2.27 bits per heavy atom. The fourth-order valence-corrected chi connectivity index (χ4v) is 1.65. The van der Waals surface area contributed by atoms with Gasteiger partial charge in [0, 0.05) is 0 Å². The number of halogens is 2. The number of pyridine rings is 1. The molecule has 0 atom stereocenters. The minimum Gasteiger partial charge on any atom is -0.613 e. The molecular formula is C7H4ClFN2O4. The molecule has 1 aromatic heterocycles. The summed E-state index contributed by atoms with van der Waals surface area (Å²) < 4.78 is 18.1. The van der Waals surface area contributed by atoms with Gasteiger partial charge in [0.05, 0.1) is 13.0 Å². The Bertz CT molecular complexity index is 465. The highest BCUT2D eigenvalue weighted by molar-refractivity contribution is 6.32. The number of aromatic nitrogens is 1. The minimum absolute atomic E-state index is 0.00639. The van der Waals surface area contributed by atoms with E-state index in [-0.39, 0.29) is 29.2 Å². The molecule has 1 aliphatic heterocycles. The van der Waals surface area contributed by atoms with E-state index in [2.05, 4.69) is 0 Å². The summed E-state index contributed by atoms with van der Waals surface area (Å²) in [5.41, 5.74) is -0.00639. The van der Waals surface area contributed by atoms with E-state index in [1.165, 1.54) is 0 Å². The molecule has 0 fully saturated rings. The number of ether oxygens (including phenoxy) is 1. The Morgan fingerprint density at radius 1 is 1.60 bits per heavy atom. The molecule has 0 bridgehead atoms. The van der Waals surface area contributed by atoms with E-state index >= 15 is 0 Å². The van der Waals surface area contributed by atoms with Gasteiger partial charge in [0.15, 0.2) is 0 Å². The molecule has 15 heavy (non-hydrogen) atoms. The summed E-state index contributed by atoms with van der Waals surface area (Å²) in [4.78, 5) is 9.34. The number of rotatable bonds is 1. The molecule has 0 aliphatic carbocycles. The van der Waals surface area contributed by atoms with Crippen LogP contribution >= 0.6 is 11.6 Å². The van der Waals surface area contributed by atoms with Gasteiger partial charge in [-0.2, -0.15) is 4.39 Å². The van der Waals surface area contributed by atoms with Crippen molar-refractivity contribution >= 4 is 17.4 Å². The van der Waals surface area contributed by atoms with Gasteiger partial charge in [-0.25, -0.2) is 0 Å². The third-order valence-corrected chi connectivity index (χ3v) is 2.38. The highest BCUT2D eigenvalue weighted by atomic mass is 35.5. The molecule has 0 unspecified atom stereocenters. The van der Waals surface area contributed by atoms with Gasteiger partial charge in [0.2, 0.25) is 11.4 Å². The van der Waals surface area contributed by atoms with Gasteiger partial charge < -0.3 is 9.94 Å². The van der Waals surface area contributed by atoms with Crippen molar-refractivity contribution in [3.8, 4) is 5.75 Å². The van der Waals surface area contributed by atoms with Crippen LogP contribution in [0.3, 0.4) is 0 Å². The van der Waals surface area contributed by atoms with E-state index in [9.17, 15) is 19.7 Å². The second kappa shape index (κ2) is 3.20. The summed E-state index contributed by atoms with van der Waals surface area (Å²) in [6.07, 6.45) is 0.180. The molecule has 6 nitrogen and oxygen atoms in total. The van der Waals surface area contributed by atoms with E-state index < -0.39 is 21.6 Å². The minimum atomic E-state index is -1.36. The van der Waals surface area contributed by atoms with Crippen molar-refractivity contribution in [1.82, 2.24) is 0 Å². The standard InChI is InChI=1S/C7H4ClFN2O4/c8-4-5(9)7(11(13)14)10(12)3-1-2-15-6(3)4/h1-2H2. The molecule has 0 saturated carbocycles. The summed E-state index contributed by atoms with van der Waals surface area (Å²) in [6.45, 7) is 0.165. The first kappa shape index (κ1) is 9.91. The van der Waals surface area contributed by atoms with Crippen LogP contribution in [0.25, 0.3) is 0 Å². The number of fused-ring (bicyclic) bond motifs is 1. The number of hydrogen-bond donors (Lipinski definition) is 0. The summed E-state index contributed by atoms with van der Waals surface area (Å²) in [7, 11) is 0. The van der Waals surface area contributed by atoms with Crippen LogP contribution in [-0.2, 0) is 6.42 Å². The molecule has 0 N–H and O–H groups in total. The van der Waals surface area contributed by atoms with Gasteiger partial charge in [-0.15, -0.1) is 0 Å². The normalized spacial score (nSPS) is 13.5. The quantitative estimate of drug-likeness (QED) is 0.314. The molecule has 0 amide bonds. The fourth-order valence-electron chi connectivity index (χ4n) is 1.40. The maximum absolute atomic E-state index is 13.3. The maximum atomic E-state index is 13.3. The zero-order valence-electron chi connectivity index (χ0n) is 7.20. The van der Waals surface area contributed by atoms with Crippen molar-refractivity contribution in [2.75, 3.05) is 6.61 Å². The topological polar surface area (TPSA) is 79.3 Å². The van der Waals surface area contributed by atoms with Gasteiger partial charge >= 0.3 is 5.82 Å². The smallest absolute Gasteiger partial charge is 0.551 e. The lowest BCUT2D eigenvalue weighted by molar-refractivity contribution is -0.672. The lowest BCUT2D eigenvalue weighted by Gasteiger charge is -2.04. The first-order chi connectivity index (χ1) is 7.04. The van der Waals surface area contributed by atoms with Crippen molar-refractivity contribution < 1.29 is 18.8 Å². The summed E-state index contributed by atoms with van der Waals surface area (Å²) in [5.74, 6) is -2.66. The molecule has 0 saturated heterocycles. The van der Waals surface area contributed by atoms with E-state index in [1.54, 1.807) is 0 Å². The average molecular weight is 235 g/mol. The van der Waals surface area contributed by atoms with Crippen molar-refractivity contribution in [2.24, 2.45) is 0 Å². The average Bonchev–Trinajstić information content (AvgIpc) is 2.62. The third-order valence-electron chi connectivity index (χ3n) is 2.05. The van der Waals surface area contributed by atoms with Crippen LogP contribution in [0.2, 0.25) is 5.02 Å². The monoisotopic (exact) mass is 234 g/mol. The van der Waals surface area contributed by atoms with Crippen molar-refractivity contribution in [3.63, 3.8) is 0 Å². The largest absolute Gasteiger partial charge is 0.613 e. The molecule has 2 rings (SSSR count). The van der Waals surface area contributed by atoms with Crippen LogP contribution in [-0.4, -0.2) is 11.5 Å². The fraction of sp³-hybridized carbons (Fsp3) is 0.286. The predicted molar refractivity (Wildman–Crippen MR) is 46.2 cm³/mol. The third kappa shape index (κ3) is 1.27. The zero-order valence-corrected chi connectivity index (χ0v) is 7.95. The SMILES string of the molecule is O=[N+]([O-])c1c(F)c(Cl)c2c([n+]1[O-])CCO2. The van der Waals surface area contributed by atoms with Gasteiger partial charge in [0.25, 0.3) is 5.82 Å². The Kier molecular flexibility index (Phi) is 2.11. The Hall–Kier alpha value is -1.63. The van der Waals surface area contributed by atoms with Crippen LogP contribution in [0, 0.1) is 21.1 Å².